The van der Waals surface area contributed by atoms with Gasteiger partial charge in [-0.25, -0.2) is 0 Å². The van der Waals surface area contributed by atoms with E-state index >= 15 is 0 Å². The van der Waals surface area contributed by atoms with Crippen LogP contribution in [0.25, 0.3) is 0 Å². The fourth-order valence-electron chi connectivity index (χ4n) is 6.28. The van der Waals surface area contributed by atoms with Crippen molar-refractivity contribution in [3.63, 3.8) is 0 Å². The smallest absolute Gasteiger partial charge is 0.235 e. The summed E-state index contributed by atoms with van der Waals surface area (Å²) in [5.41, 5.74) is 3.07. The predicted molar refractivity (Wildman–Crippen MR) is 126 cm³/mol. The zero-order valence-corrected chi connectivity index (χ0v) is 19.9. The standard InChI is InChI=1S/C26H24Cl2N2O4/c27-25-16-7-1-2-8-17(16)26(28,19-10-4-3-9-18(19)25)22-21(25)23(32)30(24(22)33)12-11-20(31)29-14-15-6-5-13-34-15/h1-4,7-10,15,21-22H,5-6,11-14H2,(H,29,31)/t15-,21-,22-,25?,26?/m0/s1. The largest absolute Gasteiger partial charge is 0.376 e. The Hall–Kier alpha value is -2.41. The van der Waals surface area contributed by atoms with Crippen LogP contribution >= 0.6 is 23.2 Å². The molecule has 3 aliphatic carbocycles. The maximum absolute atomic E-state index is 13.7. The van der Waals surface area contributed by atoms with Gasteiger partial charge in [0.2, 0.25) is 17.7 Å². The van der Waals surface area contributed by atoms with Crippen LogP contribution in [-0.4, -0.2) is 48.4 Å². The molecule has 2 fully saturated rings. The number of alkyl halides is 2. The van der Waals surface area contributed by atoms with Gasteiger partial charge in [0.15, 0.2) is 0 Å². The number of rotatable bonds is 5. The third kappa shape index (κ3) is 2.82. The number of hydrogen-bond donors (Lipinski definition) is 1. The number of imide groups is 1. The Kier molecular flexibility index (Phi) is 5.07. The van der Waals surface area contributed by atoms with Crippen LogP contribution in [0.3, 0.4) is 0 Å². The third-order valence-electron chi connectivity index (χ3n) is 7.79. The summed E-state index contributed by atoms with van der Waals surface area (Å²) < 4.78 is 5.53. The van der Waals surface area contributed by atoms with E-state index in [2.05, 4.69) is 5.32 Å². The van der Waals surface area contributed by atoms with Crippen LogP contribution in [0.1, 0.15) is 41.5 Å². The Balaban J connectivity index is 1.32. The highest BCUT2D eigenvalue weighted by Gasteiger charge is 2.72. The van der Waals surface area contributed by atoms with Crippen LogP contribution in [0.15, 0.2) is 48.5 Å². The second kappa shape index (κ2) is 7.80. The van der Waals surface area contributed by atoms with E-state index in [1.807, 2.05) is 48.5 Å². The van der Waals surface area contributed by atoms with Gasteiger partial charge in [-0.15, -0.1) is 23.2 Å². The number of carbonyl (C=O) groups is 3. The van der Waals surface area contributed by atoms with Crippen molar-refractivity contribution >= 4 is 40.9 Å². The molecule has 5 aliphatic rings. The molecule has 7 rings (SSSR count). The molecule has 2 bridgehead atoms. The summed E-state index contributed by atoms with van der Waals surface area (Å²) in [7, 11) is 0. The van der Waals surface area contributed by atoms with E-state index < -0.39 is 21.6 Å². The van der Waals surface area contributed by atoms with Crippen molar-refractivity contribution in [3.8, 4) is 0 Å². The Morgan fingerprint density at radius 1 is 0.941 bits per heavy atom. The van der Waals surface area contributed by atoms with Gasteiger partial charge in [0.1, 0.15) is 9.75 Å². The molecule has 3 atom stereocenters. The molecule has 2 saturated heterocycles. The first-order valence-corrected chi connectivity index (χ1v) is 12.5. The van der Waals surface area contributed by atoms with Crippen LogP contribution in [0.4, 0.5) is 0 Å². The zero-order chi connectivity index (χ0) is 23.7. The number of nitrogens with one attached hydrogen (secondary N) is 1. The Morgan fingerprint density at radius 2 is 1.44 bits per heavy atom. The van der Waals surface area contributed by atoms with Crippen molar-refractivity contribution in [1.29, 1.82) is 0 Å². The van der Waals surface area contributed by atoms with Crippen molar-refractivity contribution in [2.24, 2.45) is 11.8 Å². The van der Waals surface area contributed by atoms with Crippen molar-refractivity contribution in [2.75, 3.05) is 19.7 Å². The van der Waals surface area contributed by atoms with Crippen LogP contribution in [0.2, 0.25) is 0 Å². The molecule has 2 aromatic rings. The molecule has 0 unspecified atom stereocenters. The molecule has 0 spiro atoms. The van der Waals surface area contributed by atoms with Gasteiger partial charge < -0.3 is 10.1 Å². The lowest BCUT2D eigenvalue weighted by molar-refractivity contribution is -0.140. The van der Waals surface area contributed by atoms with E-state index in [-0.39, 0.29) is 36.8 Å². The normalized spacial score (nSPS) is 33.0. The molecular weight excluding hydrogens is 475 g/mol. The predicted octanol–water partition coefficient (Wildman–Crippen LogP) is 3.26. The molecule has 3 amide bonds. The number of ether oxygens (including phenoxy) is 1. The summed E-state index contributed by atoms with van der Waals surface area (Å²) >= 11 is 14.8. The van der Waals surface area contributed by atoms with Crippen molar-refractivity contribution < 1.29 is 19.1 Å². The van der Waals surface area contributed by atoms with E-state index in [0.717, 1.165) is 35.1 Å². The van der Waals surface area contributed by atoms with E-state index in [0.29, 0.717) is 13.2 Å². The second-order valence-electron chi connectivity index (χ2n) is 9.49. The molecule has 2 heterocycles. The van der Waals surface area contributed by atoms with Crippen LogP contribution in [0, 0.1) is 11.8 Å². The number of carbonyl (C=O) groups excluding carboxylic acids is 3. The lowest BCUT2D eigenvalue weighted by Crippen LogP contribution is -2.57. The van der Waals surface area contributed by atoms with Gasteiger partial charge in [0.25, 0.3) is 0 Å². The number of hydrogen-bond acceptors (Lipinski definition) is 4. The summed E-state index contributed by atoms with van der Waals surface area (Å²) in [6.45, 7) is 1.14. The number of nitrogens with zero attached hydrogens (tertiary/aromatic N) is 1. The number of likely N-dealkylation sites (tertiary alicyclic amines) is 1. The van der Waals surface area contributed by atoms with Gasteiger partial charge in [0.05, 0.1) is 17.9 Å². The lowest BCUT2D eigenvalue weighted by Gasteiger charge is -2.54. The van der Waals surface area contributed by atoms with Gasteiger partial charge in [-0.05, 0) is 35.1 Å². The average Bonchev–Trinajstić information content (AvgIpc) is 3.46. The fraction of sp³-hybridized carbons (Fsp3) is 0.423. The number of amides is 3. The average molecular weight is 499 g/mol. The second-order valence-corrected chi connectivity index (χ2v) is 10.7. The summed E-state index contributed by atoms with van der Waals surface area (Å²) in [5, 5.41) is 2.85. The van der Waals surface area contributed by atoms with Gasteiger partial charge in [-0.2, -0.15) is 0 Å². The van der Waals surface area contributed by atoms with Crippen molar-refractivity contribution in [1.82, 2.24) is 10.2 Å². The molecule has 0 saturated carbocycles. The van der Waals surface area contributed by atoms with E-state index in [1.165, 1.54) is 4.90 Å². The maximum atomic E-state index is 13.7. The molecule has 2 aliphatic heterocycles. The zero-order valence-electron chi connectivity index (χ0n) is 18.4. The van der Waals surface area contributed by atoms with Gasteiger partial charge in [0, 0.05) is 26.1 Å². The maximum Gasteiger partial charge on any atom is 0.235 e. The monoisotopic (exact) mass is 498 g/mol. The highest BCUT2D eigenvalue weighted by atomic mass is 35.5. The Labute approximate surface area is 207 Å². The number of benzene rings is 2. The Bertz CT molecular complexity index is 1090. The molecule has 8 heteroatoms. The third-order valence-corrected chi connectivity index (χ3v) is 9.07. The summed E-state index contributed by atoms with van der Waals surface area (Å²) in [4.78, 5) is 38.6. The van der Waals surface area contributed by atoms with Crippen molar-refractivity contribution in [3.05, 3.63) is 70.8 Å². The molecule has 1 N–H and O–H groups in total. The van der Waals surface area contributed by atoms with Crippen LogP contribution in [-0.2, 0) is 28.9 Å². The minimum Gasteiger partial charge on any atom is -0.376 e. The van der Waals surface area contributed by atoms with Crippen LogP contribution in [0.5, 0.6) is 0 Å². The molecule has 176 valence electrons. The SMILES string of the molecule is O=C(CCN1C(=O)[C@@H]2[C@@H](C1=O)C1(Cl)c3ccccc3C2(Cl)c2ccccc21)NC[C@@H]1CCCO1. The minimum atomic E-state index is -1.20. The van der Waals surface area contributed by atoms with E-state index in [9.17, 15) is 14.4 Å². The van der Waals surface area contributed by atoms with Gasteiger partial charge in [-0.1, -0.05) is 48.5 Å². The molecule has 0 radical (unpaired) electrons. The van der Waals surface area contributed by atoms with Crippen molar-refractivity contribution in [2.45, 2.75) is 35.1 Å². The first kappa shape index (κ1) is 22.1. The fourth-order valence-corrected chi connectivity index (χ4v) is 7.38. The Morgan fingerprint density at radius 3 is 1.88 bits per heavy atom. The topological polar surface area (TPSA) is 75.7 Å². The van der Waals surface area contributed by atoms with E-state index in [1.54, 1.807) is 0 Å². The molecule has 2 aromatic carbocycles. The molecule has 34 heavy (non-hydrogen) atoms. The number of halogens is 2. The quantitative estimate of drug-likeness (QED) is 0.507. The highest BCUT2D eigenvalue weighted by Crippen LogP contribution is 2.69. The molecular formula is C26H24Cl2N2O4. The first-order valence-electron chi connectivity index (χ1n) is 11.7. The first-order chi connectivity index (χ1) is 16.4. The highest BCUT2D eigenvalue weighted by molar-refractivity contribution is 6.36. The lowest BCUT2D eigenvalue weighted by atomic mass is 9.54. The van der Waals surface area contributed by atoms with Gasteiger partial charge in [-0.3, -0.25) is 19.3 Å². The van der Waals surface area contributed by atoms with Crippen LogP contribution < -0.4 is 5.32 Å². The molecule has 6 nitrogen and oxygen atoms in total. The minimum absolute atomic E-state index is 0.00531. The molecule has 0 aromatic heterocycles. The summed E-state index contributed by atoms with van der Waals surface area (Å²) in [6, 6.07) is 15.1. The van der Waals surface area contributed by atoms with Gasteiger partial charge >= 0.3 is 0 Å². The van der Waals surface area contributed by atoms with E-state index in [4.69, 9.17) is 27.9 Å². The summed E-state index contributed by atoms with van der Waals surface area (Å²) in [6.07, 6.45) is 1.96. The summed E-state index contributed by atoms with van der Waals surface area (Å²) in [5.74, 6) is -2.63.